The number of allylic oxidation sites excluding steroid dienone is 1. The quantitative estimate of drug-likeness (QED) is 0.236. The summed E-state index contributed by atoms with van der Waals surface area (Å²) in [5.74, 6) is 1.16. The lowest BCUT2D eigenvalue weighted by atomic mass is 9.75. The van der Waals surface area contributed by atoms with Crippen LogP contribution in [0.1, 0.15) is 104 Å². The number of nitrogens with zero attached hydrogens (tertiary/aromatic N) is 1. The molecule has 0 spiro atoms. The Balaban J connectivity index is 1.28. The smallest absolute Gasteiger partial charge is 0.251 e. The summed E-state index contributed by atoms with van der Waals surface area (Å²) >= 11 is 0. The third-order valence-corrected chi connectivity index (χ3v) is 8.97. The molecule has 1 heterocycles. The summed E-state index contributed by atoms with van der Waals surface area (Å²) in [4.78, 5) is 34.4. The average molecular weight is 553 g/mol. The molecule has 0 aliphatic heterocycles. The molecular formula is C35H44N4O2. The number of carbonyl (C=O) groups is 2. The van der Waals surface area contributed by atoms with Crippen LogP contribution in [0.2, 0.25) is 0 Å². The number of hydrogen-bond donors (Lipinski definition) is 3. The number of carbonyl (C=O) groups excluding carboxylic acids is 2. The van der Waals surface area contributed by atoms with E-state index in [0.717, 1.165) is 61.5 Å². The fraction of sp³-hybridized carbons (Fsp3) is 0.457. The lowest BCUT2D eigenvalue weighted by molar-refractivity contribution is 0.0861. The monoisotopic (exact) mass is 552 g/mol. The molecule has 2 saturated carbocycles. The van der Waals surface area contributed by atoms with Gasteiger partial charge in [-0.3, -0.25) is 9.59 Å². The highest BCUT2D eigenvalue weighted by atomic mass is 16.2. The van der Waals surface area contributed by atoms with Crippen LogP contribution < -0.4 is 10.6 Å². The number of aromatic nitrogens is 2. The molecule has 2 aliphatic rings. The molecule has 3 aromatic rings. The Morgan fingerprint density at radius 2 is 1.63 bits per heavy atom. The highest BCUT2D eigenvalue weighted by molar-refractivity contribution is 5.98. The van der Waals surface area contributed by atoms with Crippen molar-refractivity contribution in [3.63, 3.8) is 0 Å². The van der Waals surface area contributed by atoms with Crippen molar-refractivity contribution in [2.45, 2.75) is 95.1 Å². The molecule has 2 amide bonds. The van der Waals surface area contributed by atoms with E-state index in [9.17, 15) is 9.59 Å². The Labute approximate surface area is 244 Å². The van der Waals surface area contributed by atoms with Crippen molar-refractivity contribution in [2.75, 3.05) is 0 Å². The molecule has 5 rings (SSSR count). The van der Waals surface area contributed by atoms with Gasteiger partial charge in [0.15, 0.2) is 0 Å². The second-order valence-corrected chi connectivity index (χ2v) is 12.1. The molecule has 1 unspecified atom stereocenters. The number of hydrogen-bond acceptors (Lipinski definition) is 3. The summed E-state index contributed by atoms with van der Waals surface area (Å²) in [6.07, 6.45) is 18.1. The van der Waals surface area contributed by atoms with Crippen LogP contribution in [-0.2, 0) is 0 Å². The zero-order valence-electron chi connectivity index (χ0n) is 24.2. The van der Waals surface area contributed by atoms with E-state index in [1.807, 2.05) is 54.6 Å². The van der Waals surface area contributed by atoms with Gasteiger partial charge in [0.05, 0.1) is 11.0 Å². The van der Waals surface area contributed by atoms with Crippen molar-refractivity contribution < 1.29 is 9.59 Å². The molecule has 0 radical (unpaired) electrons. The zero-order chi connectivity index (χ0) is 28.7. The summed E-state index contributed by atoms with van der Waals surface area (Å²) in [7, 11) is 0. The van der Waals surface area contributed by atoms with E-state index in [2.05, 4.69) is 28.8 Å². The van der Waals surface area contributed by atoms with E-state index >= 15 is 0 Å². The van der Waals surface area contributed by atoms with E-state index in [1.54, 1.807) is 0 Å². The molecule has 1 aromatic heterocycles. The fourth-order valence-corrected chi connectivity index (χ4v) is 6.78. The molecule has 3 N–H and O–H groups in total. The summed E-state index contributed by atoms with van der Waals surface area (Å²) in [5, 5.41) is 6.61. The van der Waals surface area contributed by atoms with Gasteiger partial charge in [0.25, 0.3) is 11.8 Å². The van der Waals surface area contributed by atoms with Crippen LogP contribution >= 0.6 is 0 Å². The maximum Gasteiger partial charge on any atom is 0.251 e. The standard InChI is InChI=1S/C35H44N4O2/c1-3-11-25-12-7-6-10-22-35(24-25,21-4-2)39-34(41)27-17-15-26(16-18-27)32-37-30-20-19-28(23-31(30)38-32)33(40)36-29-13-8-5-9-14-29/h3-4,15-20,23,25,29H,1-2,5-14,21-22,24H2,(H,36,40)(H,37,38)(H,39,41)/t25-,35?/m0/s1. The minimum atomic E-state index is -0.272. The number of aromatic amines is 1. The Kier molecular flexibility index (Phi) is 9.38. The first-order valence-electron chi connectivity index (χ1n) is 15.4. The van der Waals surface area contributed by atoms with Crippen LogP contribution in [0.5, 0.6) is 0 Å². The molecule has 216 valence electrons. The van der Waals surface area contributed by atoms with Crippen LogP contribution in [0.4, 0.5) is 0 Å². The molecule has 2 aliphatic carbocycles. The summed E-state index contributed by atoms with van der Waals surface area (Å²) < 4.78 is 0. The molecule has 6 nitrogen and oxygen atoms in total. The van der Waals surface area contributed by atoms with Crippen molar-refractivity contribution in [1.29, 1.82) is 0 Å². The van der Waals surface area contributed by atoms with Gasteiger partial charge in [0.2, 0.25) is 0 Å². The van der Waals surface area contributed by atoms with Crippen molar-refractivity contribution in [1.82, 2.24) is 20.6 Å². The molecule has 2 fully saturated rings. The van der Waals surface area contributed by atoms with Crippen LogP contribution in [0, 0.1) is 5.92 Å². The molecule has 41 heavy (non-hydrogen) atoms. The molecular weight excluding hydrogens is 508 g/mol. The van der Waals surface area contributed by atoms with E-state index < -0.39 is 0 Å². The van der Waals surface area contributed by atoms with Crippen molar-refractivity contribution in [2.24, 2.45) is 5.92 Å². The highest BCUT2D eigenvalue weighted by Crippen LogP contribution is 2.35. The molecule has 2 aromatic carbocycles. The predicted octanol–water partition coefficient (Wildman–Crippen LogP) is 7.88. The minimum absolute atomic E-state index is 0.0342. The van der Waals surface area contributed by atoms with Gasteiger partial charge in [0.1, 0.15) is 5.82 Å². The summed E-state index contributed by atoms with van der Waals surface area (Å²) in [5.41, 5.74) is 3.52. The normalized spacial score (nSPS) is 21.9. The first-order chi connectivity index (χ1) is 20.0. The van der Waals surface area contributed by atoms with E-state index in [4.69, 9.17) is 4.98 Å². The Bertz CT molecular complexity index is 1370. The van der Waals surface area contributed by atoms with E-state index in [0.29, 0.717) is 22.9 Å². The third kappa shape index (κ3) is 7.16. The van der Waals surface area contributed by atoms with Crippen molar-refractivity contribution in [3.8, 4) is 11.4 Å². The van der Waals surface area contributed by atoms with Gasteiger partial charge < -0.3 is 15.6 Å². The van der Waals surface area contributed by atoms with E-state index in [-0.39, 0.29) is 23.4 Å². The van der Waals surface area contributed by atoms with Gasteiger partial charge in [-0.25, -0.2) is 4.98 Å². The second kappa shape index (κ2) is 13.3. The minimum Gasteiger partial charge on any atom is -0.349 e. The number of imidazole rings is 1. The van der Waals surface area contributed by atoms with Gasteiger partial charge in [0, 0.05) is 28.3 Å². The molecule has 2 atom stereocenters. The van der Waals surface area contributed by atoms with Gasteiger partial charge in [-0.2, -0.15) is 0 Å². The molecule has 0 bridgehead atoms. The van der Waals surface area contributed by atoms with E-state index in [1.165, 1.54) is 38.5 Å². The van der Waals surface area contributed by atoms with Crippen molar-refractivity contribution >= 4 is 22.8 Å². The lowest BCUT2D eigenvalue weighted by Crippen LogP contribution is -2.50. The van der Waals surface area contributed by atoms with Crippen LogP contribution in [0.3, 0.4) is 0 Å². The predicted molar refractivity (Wildman–Crippen MR) is 167 cm³/mol. The summed E-state index contributed by atoms with van der Waals surface area (Å²) in [6, 6.07) is 13.5. The average Bonchev–Trinajstić information content (AvgIpc) is 3.40. The number of fused-ring (bicyclic) bond motifs is 1. The van der Waals surface area contributed by atoms with Gasteiger partial charge >= 0.3 is 0 Å². The van der Waals surface area contributed by atoms with Gasteiger partial charge in [-0.15, -0.1) is 13.2 Å². The Morgan fingerprint density at radius 1 is 0.902 bits per heavy atom. The SMILES string of the molecule is C=CC[C@H]1CCCCCC(CC=C)(NC(=O)c2ccc(-c3nc4cc(C(=O)NC5CCCCC5)ccc4[nH]3)cc2)C1. The topological polar surface area (TPSA) is 86.9 Å². The van der Waals surface area contributed by atoms with Crippen LogP contribution in [-0.4, -0.2) is 33.4 Å². The first kappa shape index (κ1) is 28.8. The largest absolute Gasteiger partial charge is 0.349 e. The molecule has 6 heteroatoms. The van der Waals surface area contributed by atoms with Crippen LogP contribution in [0.25, 0.3) is 22.4 Å². The number of rotatable bonds is 9. The number of H-pyrrole nitrogens is 1. The second-order valence-electron chi connectivity index (χ2n) is 12.1. The third-order valence-electron chi connectivity index (χ3n) is 8.97. The molecule has 0 saturated heterocycles. The number of nitrogens with one attached hydrogen (secondary N) is 3. The highest BCUT2D eigenvalue weighted by Gasteiger charge is 2.34. The fourth-order valence-electron chi connectivity index (χ4n) is 6.78. The van der Waals surface area contributed by atoms with Crippen LogP contribution in [0.15, 0.2) is 67.8 Å². The van der Waals surface area contributed by atoms with Gasteiger partial charge in [-0.05, 0) is 74.8 Å². The maximum atomic E-state index is 13.5. The Hall–Kier alpha value is -3.67. The first-order valence-corrected chi connectivity index (χ1v) is 15.4. The Morgan fingerprint density at radius 3 is 2.39 bits per heavy atom. The number of benzene rings is 2. The summed E-state index contributed by atoms with van der Waals surface area (Å²) in [6.45, 7) is 7.96. The zero-order valence-corrected chi connectivity index (χ0v) is 24.2. The van der Waals surface area contributed by atoms with Gasteiger partial charge in [-0.1, -0.05) is 69.2 Å². The maximum absolute atomic E-state index is 13.5. The lowest BCUT2D eigenvalue weighted by Gasteiger charge is -2.39. The number of amides is 2. The van der Waals surface area contributed by atoms with Crippen molar-refractivity contribution in [3.05, 3.63) is 78.9 Å².